The Bertz CT molecular complexity index is 908. The van der Waals surface area contributed by atoms with Crippen LogP contribution in [0.4, 0.5) is 5.69 Å². The van der Waals surface area contributed by atoms with E-state index in [9.17, 15) is 4.79 Å². The summed E-state index contributed by atoms with van der Waals surface area (Å²) in [5, 5.41) is 17.4. The first kappa shape index (κ1) is 19.1. The van der Waals surface area contributed by atoms with E-state index in [1.54, 1.807) is 11.8 Å². The molecule has 0 aliphatic carbocycles. The minimum absolute atomic E-state index is 0.00508. The van der Waals surface area contributed by atoms with Crippen LogP contribution < -0.4 is 5.32 Å². The molecule has 0 saturated carbocycles. The Morgan fingerprint density at radius 3 is 2.64 bits per heavy atom. The van der Waals surface area contributed by atoms with Crippen LogP contribution in [-0.2, 0) is 9.53 Å². The summed E-state index contributed by atoms with van der Waals surface area (Å²) in [6.45, 7) is 8.57. The lowest BCUT2D eigenvalue weighted by atomic mass is 9.95. The van der Waals surface area contributed by atoms with Crippen molar-refractivity contribution in [3.63, 3.8) is 0 Å². The molecule has 1 aromatic heterocycles. The SMILES string of the molecule is C[C@H]1Sc2nnc([C@@H]3CCCO3)n2N=C1c1ccc(NC(=O)C(C)(C)C)cc1. The molecule has 1 N–H and O–H groups in total. The lowest BCUT2D eigenvalue weighted by Crippen LogP contribution is -2.27. The molecular formula is C20H25N5O2S. The molecule has 4 rings (SSSR count). The smallest absolute Gasteiger partial charge is 0.229 e. The summed E-state index contributed by atoms with van der Waals surface area (Å²) in [4.78, 5) is 12.2. The second-order valence-corrected chi connectivity index (χ2v) is 9.49. The van der Waals surface area contributed by atoms with Crippen LogP contribution in [0.15, 0.2) is 34.5 Å². The minimum Gasteiger partial charge on any atom is -0.370 e. The van der Waals surface area contributed by atoms with Crippen LogP contribution in [0.2, 0.25) is 0 Å². The van der Waals surface area contributed by atoms with Gasteiger partial charge in [-0.05, 0) is 37.5 Å². The van der Waals surface area contributed by atoms with E-state index in [1.165, 1.54) is 0 Å². The molecule has 2 aliphatic heterocycles. The summed E-state index contributed by atoms with van der Waals surface area (Å²) < 4.78 is 7.59. The van der Waals surface area contributed by atoms with Crippen molar-refractivity contribution >= 4 is 29.1 Å². The molecule has 0 bridgehead atoms. The summed E-state index contributed by atoms with van der Waals surface area (Å²) in [5.41, 5.74) is 2.34. The van der Waals surface area contributed by atoms with Crippen molar-refractivity contribution in [3.8, 4) is 0 Å². The van der Waals surface area contributed by atoms with Gasteiger partial charge >= 0.3 is 0 Å². The first-order chi connectivity index (χ1) is 13.3. The van der Waals surface area contributed by atoms with Crippen molar-refractivity contribution in [2.45, 2.75) is 57.0 Å². The van der Waals surface area contributed by atoms with Crippen molar-refractivity contribution in [2.75, 3.05) is 11.9 Å². The standard InChI is InChI=1S/C20H25N5O2S/c1-12-16(13-7-9-14(10-8-13)21-18(26)20(2,3)4)24-25-17(15-6-5-11-27-15)22-23-19(25)28-12/h7-10,12,15H,5-6,11H2,1-4H3,(H,21,26)/t12-,15+/m1/s1. The summed E-state index contributed by atoms with van der Waals surface area (Å²) >= 11 is 1.65. The Hall–Kier alpha value is -2.19. The third kappa shape index (κ3) is 3.71. The van der Waals surface area contributed by atoms with E-state index in [0.717, 1.165) is 47.4 Å². The number of aromatic nitrogens is 3. The minimum atomic E-state index is -0.430. The first-order valence-electron chi connectivity index (χ1n) is 9.57. The number of anilines is 1. The van der Waals surface area contributed by atoms with Gasteiger partial charge in [0.1, 0.15) is 6.10 Å². The average Bonchev–Trinajstić information content (AvgIpc) is 3.30. The molecule has 0 radical (unpaired) electrons. The molecule has 3 heterocycles. The van der Waals surface area contributed by atoms with Gasteiger partial charge in [-0.1, -0.05) is 44.7 Å². The molecule has 1 fully saturated rings. The molecule has 0 unspecified atom stereocenters. The van der Waals surface area contributed by atoms with Gasteiger partial charge in [0.05, 0.1) is 11.0 Å². The summed E-state index contributed by atoms with van der Waals surface area (Å²) in [5.74, 6) is 0.771. The van der Waals surface area contributed by atoms with E-state index in [4.69, 9.17) is 9.84 Å². The third-order valence-corrected chi connectivity index (χ3v) is 5.89. The number of ether oxygens (including phenoxy) is 1. The zero-order valence-electron chi connectivity index (χ0n) is 16.6. The molecular weight excluding hydrogens is 374 g/mol. The van der Waals surface area contributed by atoms with E-state index in [-0.39, 0.29) is 17.3 Å². The van der Waals surface area contributed by atoms with Crippen LogP contribution in [-0.4, -0.2) is 38.3 Å². The maximum absolute atomic E-state index is 12.2. The molecule has 2 aliphatic rings. The zero-order chi connectivity index (χ0) is 19.9. The molecule has 0 spiro atoms. The van der Waals surface area contributed by atoms with Crippen molar-refractivity contribution in [3.05, 3.63) is 35.7 Å². The monoisotopic (exact) mass is 399 g/mol. The second-order valence-electron chi connectivity index (χ2n) is 8.18. The van der Waals surface area contributed by atoms with Crippen LogP contribution in [0.3, 0.4) is 0 Å². The van der Waals surface area contributed by atoms with Gasteiger partial charge in [0.25, 0.3) is 0 Å². The highest BCUT2D eigenvalue weighted by atomic mass is 32.2. The zero-order valence-corrected chi connectivity index (χ0v) is 17.4. The van der Waals surface area contributed by atoms with Gasteiger partial charge in [-0.2, -0.15) is 9.78 Å². The molecule has 1 saturated heterocycles. The molecule has 2 atom stereocenters. The topological polar surface area (TPSA) is 81.4 Å². The number of carbonyl (C=O) groups is 1. The van der Waals surface area contributed by atoms with Crippen LogP contribution in [0.1, 0.15) is 58.0 Å². The Morgan fingerprint density at radius 2 is 2.00 bits per heavy atom. The van der Waals surface area contributed by atoms with Gasteiger partial charge in [0.2, 0.25) is 11.1 Å². The van der Waals surface area contributed by atoms with Gasteiger partial charge in [-0.15, -0.1) is 10.2 Å². The number of amides is 1. The van der Waals surface area contributed by atoms with Crippen LogP contribution in [0.5, 0.6) is 0 Å². The Labute approximate surface area is 168 Å². The summed E-state index contributed by atoms with van der Waals surface area (Å²) in [7, 11) is 0. The Kier molecular flexibility index (Phi) is 5.01. The predicted octanol–water partition coefficient (Wildman–Crippen LogP) is 3.86. The van der Waals surface area contributed by atoms with Gasteiger partial charge in [0.15, 0.2) is 5.82 Å². The molecule has 8 heteroatoms. The fourth-order valence-electron chi connectivity index (χ4n) is 3.16. The van der Waals surface area contributed by atoms with Crippen LogP contribution >= 0.6 is 11.8 Å². The van der Waals surface area contributed by atoms with E-state index in [1.807, 2.05) is 49.7 Å². The number of benzene rings is 1. The highest BCUT2D eigenvalue weighted by Gasteiger charge is 2.30. The van der Waals surface area contributed by atoms with E-state index >= 15 is 0 Å². The van der Waals surface area contributed by atoms with E-state index in [2.05, 4.69) is 22.4 Å². The van der Waals surface area contributed by atoms with Gasteiger partial charge < -0.3 is 10.1 Å². The molecule has 1 amide bonds. The summed E-state index contributed by atoms with van der Waals surface area (Å²) in [6.07, 6.45) is 1.95. The number of rotatable bonds is 3. The lowest BCUT2D eigenvalue weighted by molar-refractivity contribution is -0.123. The fraction of sp³-hybridized carbons (Fsp3) is 0.500. The van der Waals surface area contributed by atoms with Gasteiger partial charge in [0, 0.05) is 17.7 Å². The second kappa shape index (κ2) is 7.33. The first-order valence-corrected chi connectivity index (χ1v) is 10.5. The Morgan fingerprint density at radius 1 is 1.25 bits per heavy atom. The average molecular weight is 400 g/mol. The normalized spacial score (nSPS) is 21.9. The van der Waals surface area contributed by atoms with Crippen molar-refractivity contribution in [2.24, 2.45) is 10.5 Å². The maximum Gasteiger partial charge on any atom is 0.229 e. The van der Waals surface area contributed by atoms with E-state index in [0.29, 0.717) is 0 Å². The maximum atomic E-state index is 12.2. The number of fused-ring (bicyclic) bond motifs is 1. The number of carbonyl (C=O) groups excluding carboxylic acids is 1. The number of hydrogen-bond acceptors (Lipinski definition) is 6. The van der Waals surface area contributed by atoms with Crippen LogP contribution in [0.25, 0.3) is 0 Å². The number of nitrogens with zero attached hydrogens (tertiary/aromatic N) is 4. The predicted molar refractivity (Wildman–Crippen MR) is 110 cm³/mol. The third-order valence-electron chi connectivity index (χ3n) is 4.85. The number of nitrogens with one attached hydrogen (secondary N) is 1. The van der Waals surface area contributed by atoms with Crippen molar-refractivity contribution < 1.29 is 9.53 Å². The largest absolute Gasteiger partial charge is 0.370 e. The number of thioether (sulfide) groups is 1. The highest BCUT2D eigenvalue weighted by Crippen LogP contribution is 2.34. The number of hydrogen-bond donors (Lipinski definition) is 1. The molecule has 148 valence electrons. The van der Waals surface area contributed by atoms with Gasteiger partial charge in [-0.3, -0.25) is 4.79 Å². The molecule has 28 heavy (non-hydrogen) atoms. The van der Waals surface area contributed by atoms with E-state index < -0.39 is 5.41 Å². The molecule has 1 aromatic carbocycles. The van der Waals surface area contributed by atoms with Gasteiger partial charge in [-0.25, -0.2) is 0 Å². The fourth-order valence-corrected chi connectivity index (χ4v) is 4.10. The lowest BCUT2D eigenvalue weighted by Gasteiger charge is -2.21. The van der Waals surface area contributed by atoms with Crippen LogP contribution in [0, 0.1) is 5.41 Å². The highest BCUT2D eigenvalue weighted by molar-refractivity contribution is 8.00. The van der Waals surface area contributed by atoms with Crippen molar-refractivity contribution in [1.29, 1.82) is 0 Å². The summed E-state index contributed by atoms with van der Waals surface area (Å²) in [6, 6.07) is 7.83. The quantitative estimate of drug-likeness (QED) is 0.847. The Balaban J connectivity index is 1.59. The molecule has 7 nitrogen and oxygen atoms in total. The molecule has 2 aromatic rings. The van der Waals surface area contributed by atoms with Crippen molar-refractivity contribution in [1.82, 2.24) is 14.9 Å².